The number of ether oxygens (including phenoxy) is 1. The van der Waals surface area contributed by atoms with E-state index in [0.29, 0.717) is 17.7 Å². The Morgan fingerprint density at radius 1 is 1.39 bits per heavy atom. The van der Waals surface area contributed by atoms with Crippen molar-refractivity contribution in [2.45, 2.75) is 38.3 Å². The molecule has 0 aliphatic heterocycles. The topological polar surface area (TPSA) is 75.7 Å². The van der Waals surface area contributed by atoms with Gasteiger partial charge in [0.2, 0.25) is 0 Å². The summed E-state index contributed by atoms with van der Waals surface area (Å²) in [5.41, 5.74) is 6.71. The third-order valence-corrected chi connectivity index (χ3v) is 2.84. The van der Waals surface area contributed by atoms with Crippen LogP contribution in [0.5, 0.6) is 11.5 Å². The molecule has 1 rings (SSSR count). The number of unbranched alkanes of at least 4 members (excludes halogenated alkanes) is 1. The van der Waals surface area contributed by atoms with Gasteiger partial charge >= 0.3 is 0 Å². The first-order chi connectivity index (χ1) is 8.10. The fraction of sp³-hybridized carbons (Fsp3) is 0.538. The predicted molar refractivity (Wildman–Crippen MR) is 74.4 cm³/mol. The number of aromatic hydroxyl groups is 1. The molecular weight excluding hydrogens is 254 g/mol. The molecule has 0 heterocycles. The van der Waals surface area contributed by atoms with E-state index in [-0.39, 0.29) is 18.2 Å². The van der Waals surface area contributed by atoms with Gasteiger partial charge in [-0.1, -0.05) is 19.8 Å². The van der Waals surface area contributed by atoms with Crippen LogP contribution in [-0.2, 0) is 0 Å². The fourth-order valence-corrected chi connectivity index (χ4v) is 1.78. The predicted octanol–water partition coefficient (Wildman–Crippen LogP) is 2.37. The maximum Gasteiger partial charge on any atom is 0.127 e. The first kappa shape index (κ1) is 17.0. The molecule has 4 N–H and O–H groups in total. The van der Waals surface area contributed by atoms with Crippen LogP contribution in [0.15, 0.2) is 18.2 Å². The van der Waals surface area contributed by atoms with Gasteiger partial charge in [0.05, 0.1) is 19.3 Å². The molecule has 0 saturated heterocycles. The lowest BCUT2D eigenvalue weighted by molar-refractivity contribution is 0.131. The molecule has 0 aliphatic rings. The van der Waals surface area contributed by atoms with Crippen LogP contribution in [0.25, 0.3) is 0 Å². The van der Waals surface area contributed by atoms with Gasteiger partial charge in [-0.05, 0) is 18.6 Å². The van der Waals surface area contributed by atoms with Crippen LogP contribution in [0.1, 0.15) is 37.8 Å². The minimum atomic E-state index is -0.589. The van der Waals surface area contributed by atoms with Crippen molar-refractivity contribution >= 4 is 12.4 Å². The third-order valence-electron chi connectivity index (χ3n) is 2.84. The monoisotopic (exact) mass is 275 g/mol. The van der Waals surface area contributed by atoms with Crippen molar-refractivity contribution in [1.29, 1.82) is 0 Å². The average molecular weight is 276 g/mol. The first-order valence-corrected chi connectivity index (χ1v) is 5.90. The molecule has 4 nitrogen and oxygen atoms in total. The lowest BCUT2D eigenvalue weighted by Gasteiger charge is -2.21. The summed E-state index contributed by atoms with van der Waals surface area (Å²) < 4.78 is 5.15. The van der Waals surface area contributed by atoms with Crippen molar-refractivity contribution in [3.05, 3.63) is 23.8 Å². The number of phenolic OH excluding ortho intramolecular Hbond substituents is 1. The van der Waals surface area contributed by atoms with Crippen molar-refractivity contribution in [1.82, 2.24) is 0 Å². The summed E-state index contributed by atoms with van der Waals surface area (Å²) in [6, 6.07) is 4.25. The van der Waals surface area contributed by atoms with Crippen molar-refractivity contribution in [2.75, 3.05) is 7.11 Å². The molecule has 104 valence electrons. The normalized spacial score (nSPS) is 13.6. The number of hydrogen-bond donors (Lipinski definition) is 3. The number of halogens is 1. The van der Waals surface area contributed by atoms with Crippen molar-refractivity contribution in [3.63, 3.8) is 0 Å². The van der Waals surface area contributed by atoms with E-state index >= 15 is 0 Å². The summed E-state index contributed by atoms with van der Waals surface area (Å²) in [5.74, 6) is 0.633. The Bertz CT molecular complexity index is 360. The quantitative estimate of drug-likeness (QED) is 0.745. The number of aliphatic hydroxyl groups excluding tert-OH is 1. The second kappa shape index (κ2) is 8.19. The zero-order valence-electron chi connectivity index (χ0n) is 10.8. The van der Waals surface area contributed by atoms with Crippen molar-refractivity contribution < 1.29 is 14.9 Å². The van der Waals surface area contributed by atoms with Crippen LogP contribution in [0.2, 0.25) is 0 Å². The number of nitrogens with two attached hydrogens (primary N) is 1. The molecule has 0 radical (unpaired) electrons. The van der Waals surface area contributed by atoms with Crippen LogP contribution < -0.4 is 10.5 Å². The van der Waals surface area contributed by atoms with E-state index in [0.717, 1.165) is 12.8 Å². The molecule has 0 aromatic heterocycles. The summed E-state index contributed by atoms with van der Waals surface area (Å²) in [6.45, 7) is 2.07. The van der Waals surface area contributed by atoms with E-state index in [1.165, 1.54) is 13.2 Å². The van der Waals surface area contributed by atoms with Gasteiger partial charge in [0, 0.05) is 11.6 Å². The molecule has 0 spiro atoms. The molecule has 0 unspecified atom stereocenters. The highest BCUT2D eigenvalue weighted by Gasteiger charge is 2.20. The Morgan fingerprint density at radius 2 is 2.06 bits per heavy atom. The average Bonchev–Trinajstić information content (AvgIpc) is 2.34. The molecule has 0 saturated carbocycles. The second-order valence-electron chi connectivity index (χ2n) is 4.16. The van der Waals surface area contributed by atoms with Gasteiger partial charge in [-0.25, -0.2) is 0 Å². The number of methoxy groups -OCH3 is 1. The van der Waals surface area contributed by atoms with Gasteiger partial charge in [0.15, 0.2) is 0 Å². The SMILES string of the molecule is CCCC[C@H](O)[C@H](N)c1ccc(O)cc1OC.Cl. The van der Waals surface area contributed by atoms with E-state index < -0.39 is 12.1 Å². The van der Waals surface area contributed by atoms with E-state index in [9.17, 15) is 10.2 Å². The number of phenols is 1. The molecule has 0 bridgehead atoms. The summed E-state index contributed by atoms with van der Waals surface area (Å²) in [6.07, 6.45) is 2.04. The molecular formula is C13H22ClNO3. The zero-order chi connectivity index (χ0) is 12.8. The van der Waals surface area contributed by atoms with E-state index in [2.05, 4.69) is 6.92 Å². The largest absolute Gasteiger partial charge is 0.508 e. The molecule has 0 aliphatic carbocycles. The van der Waals surface area contributed by atoms with Crippen LogP contribution in [0.3, 0.4) is 0 Å². The van der Waals surface area contributed by atoms with E-state index in [1.807, 2.05) is 0 Å². The minimum Gasteiger partial charge on any atom is -0.508 e. The summed E-state index contributed by atoms with van der Waals surface area (Å²) >= 11 is 0. The van der Waals surface area contributed by atoms with Gasteiger partial charge in [-0.15, -0.1) is 12.4 Å². The summed E-state index contributed by atoms with van der Waals surface area (Å²) in [5, 5.41) is 19.3. The second-order valence-corrected chi connectivity index (χ2v) is 4.16. The van der Waals surface area contributed by atoms with E-state index in [4.69, 9.17) is 10.5 Å². The maximum atomic E-state index is 9.95. The summed E-state index contributed by atoms with van der Waals surface area (Å²) in [4.78, 5) is 0. The van der Waals surface area contributed by atoms with Crippen LogP contribution in [0, 0.1) is 0 Å². The molecule has 5 heteroatoms. The lowest BCUT2D eigenvalue weighted by atomic mass is 9.97. The molecule has 2 atom stereocenters. The zero-order valence-corrected chi connectivity index (χ0v) is 11.6. The molecule has 0 amide bonds. The Kier molecular flexibility index (Phi) is 7.75. The van der Waals surface area contributed by atoms with Gasteiger partial charge < -0.3 is 20.7 Å². The van der Waals surface area contributed by atoms with Gasteiger partial charge in [0.1, 0.15) is 11.5 Å². The highest BCUT2D eigenvalue weighted by Crippen LogP contribution is 2.30. The Balaban J connectivity index is 0.00000289. The molecule has 0 fully saturated rings. The fourth-order valence-electron chi connectivity index (χ4n) is 1.78. The van der Waals surface area contributed by atoms with Crippen LogP contribution in [-0.4, -0.2) is 23.4 Å². The third kappa shape index (κ3) is 4.37. The van der Waals surface area contributed by atoms with Gasteiger partial charge in [-0.3, -0.25) is 0 Å². The number of benzene rings is 1. The Morgan fingerprint density at radius 3 is 2.61 bits per heavy atom. The molecule has 1 aromatic rings. The summed E-state index contributed by atoms with van der Waals surface area (Å²) in [7, 11) is 1.52. The molecule has 18 heavy (non-hydrogen) atoms. The lowest BCUT2D eigenvalue weighted by Crippen LogP contribution is -2.26. The Labute approximate surface area is 114 Å². The van der Waals surface area contributed by atoms with E-state index in [1.54, 1.807) is 12.1 Å². The van der Waals surface area contributed by atoms with Crippen molar-refractivity contribution in [3.8, 4) is 11.5 Å². The molecule has 1 aromatic carbocycles. The van der Waals surface area contributed by atoms with Crippen molar-refractivity contribution in [2.24, 2.45) is 5.73 Å². The van der Waals surface area contributed by atoms with Crippen LogP contribution in [0.4, 0.5) is 0 Å². The standard InChI is InChI=1S/C13H21NO3.ClH/c1-3-4-5-11(16)13(14)10-7-6-9(15)8-12(10)17-2;/h6-8,11,13,15-16H,3-5,14H2,1-2H3;1H/t11-,13+;/m0./s1. The van der Waals surface area contributed by atoms with Gasteiger partial charge in [0.25, 0.3) is 0 Å². The number of aliphatic hydroxyl groups is 1. The number of hydrogen-bond acceptors (Lipinski definition) is 4. The smallest absolute Gasteiger partial charge is 0.127 e. The highest BCUT2D eigenvalue weighted by molar-refractivity contribution is 5.85. The minimum absolute atomic E-state index is 0. The maximum absolute atomic E-state index is 9.95. The number of rotatable bonds is 6. The van der Waals surface area contributed by atoms with Gasteiger partial charge in [-0.2, -0.15) is 0 Å². The Hall–Kier alpha value is -0.970. The first-order valence-electron chi connectivity index (χ1n) is 5.90. The van der Waals surface area contributed by atoms with Crippen LogP contribution >= 0.6 is 12.4 Å². The highest BCUT2D eigenvalue weighted by atomic mass is 35.5.